The molecule has 0 aliphatic rings. The fourth-order valence-corrected chi connectivity index (χ4v) is 1.78. The molecule has 19 heavy (non-hydrogen) atoms. The van der Waals surface area contributed by atoms with Gasteiger partial charge in [0.15, 0.2) is 0 Å². The van der Waals surface area contributed by atoms with Gasteiger partial charge in [0.25, 0.3) is 0 Å². The highest BCUT2D eigenvalue weighted by Crippen LogP contribution is 2.21. The lowest BCUT2D eigenvalue weighted by Gasteiger charge is -2.11. The number of halogens is 1. The molecule has 0 aromatic heterocycles. The largest absolute Gasteiger partial charge is 0.481 e. The Morgan fingerprint density at radius 2 is 1.95 bits per heavy atom. The van der Waals surface area contributed by atoms with Crippen LogP contribution in [0.2, 0.25) is 0 Å². The second kappa shape index (κ2) is 7.63. The van der Waals surface area contributed by atoms with E-state index in [4.69, 9.17) is 16.7 Å². The molecular weight excluding hydrogens is 268 g/mol. The molecule has 0 aliphatic heterocycles. The highest BCUT2D eigenvalue weighted by atomic mass is 35.5. The van der Waals surface area contributed by atoms with Crippen molar-refractivity contribution in [1.29, 1.82) is 0 Å². The van der Waals surface area contributed by atoms with Gasteiger partial charge in [0.05, 0.1) is 5.92 Å². The number of carboxylic acid groups (broad SMARTS) is 1. The standard InChI is InChI=1S/C13H17ClN2O3/c1-2-11(12(17)18)9-3-5-10(6-4-9)16-13(19)15-8-7-14/h3-6,11H,2,7-8H2,1H3,(H,17,18)(H2,15,16,19)/t11-/m0/s1. The van der Waals surface area contributed by atoms with Crippen molar-refractivity contribution < 1.29 is 14.7 Å². The summed E-state index contributed by atoms with van der Waals surface area (Å²) in [7, 11) is 0. The zero-order valence-electron chi connectivity index (χ0n) is 10.6. The molecule has 2 amide bonds. The lowest BCUT2D eigenvalue weighted by molar-refractivity contribution is -0.138. The molecule has 104 valence electrons. The zero-order chi connectivity index (χ0) is 14.3. The van der Waals surface area contributed by atoms with E-state index >= 15 is 0 Å². The van der Waals surface area contributed by atoms with E-state index in [-0.39, 0.29) is 6.03 Å². The van der Waals surface area contributed by atoms with Crippen LogP contribution in [0, 0.1) is 0 Å². The number of anilines is 1. The first-order valence-corrected chi connectivity index (χ1v) is 6.55. The molecule has 0 unspecified atom stereocenters. The third kappa shape index (κ3) is 4.79. The minimum absolute atomic E-state index is 0.335. The summed E-state index contributed by atoms with van der Waals surface area (Å²) >= 11 is 5.45. The summed E-state index contributed by atoms with van der Waals surface area (Å²) in [6.07, 6.45) is 0.526. The molecule has 1 aromatic carbocycles. The van der Waals surface area contributed by atoms with E-state index in [1.165, 1.54) is 0 Å². The number of carbonyl (C=O) groups excluding carboxylic acids is 1. The average Bonchev–Trinajstić information content (AvgIpc) is 2.39. The molecular formula is C13H17ClN2O3. The molecule has 0 aliphatic carbocycles. The van der Waals surface area contributed by atoms with E-state index in [2.05, 4.69) is 10.6 Å². The van der Waals surface area contributed by atoms with E-state index in [0.29, 0.717) is 24.5 Å². The highest BCUT2D eigenvalue weighted by Gasteiger charge is 2.17. The van der Waals surface area contributed by atoms with Gasteiger partial charge in [0.1, 0.15) is 0 Å². The highest BCUT2D eigenvalue weighted by molar-refractivity contribution is 6.18. The smallest absolute Gasteiger partial charge is 0.319 e. The van der Waals surface area contributed by atoms with Crippen molar-refractivity contribution in [2.75, 3.05) is 17.7 Å². The predicted octanol–water partition coefficient (Wildman–Crippen LogP) is 2.63. The summed E-state index contributed by atoms with van der Waals surface area (Å²) in [5.41, 5.74) is 1.33. The van der Waals surface area contributed by atoms with E-state index in [9.17, 15) is 9.59 Å². The quantitative estimate of drug-likeness (QED) is 0.703. The number of benzene rings is 1. The van der Waals surface area contributed by atoms with Crippen molar-refractivity contribution in [1.82, 2.24) is 5.32 Å². The number of carbonyl (C=O) groups is 2. The molecule has 0 saturated carbocycles. The van der Waals surface area contributed by atoms with Crippen LogP contribution in [0.15, 0.2) is 24.3 Å². The van der Waals surface area contributed by atoms with E-state index in [1.54, 1.807) is 24.3 Å². The number of amides is 2. The molecule has 0 spiro atoms. The van der Waals surface area contributed by atoms with Crippen LogP contribution < -0.4 is 10.6 Å². The Morgan fingerprint density at radius 3 is 2.42 bits per heavy atom. The van der Waals surface area contributed by atoms with E-state index in [0.717, 1.165) is 5.56 Å². The number of urea groups is 1. The van der Waals surface area contributed by atoms with Crippen LogP contribution in [-0.2, 0) is 4.79 Å². The molecule has 0 radical (unpaired) electrons. The Bertz CT molecular complexity index is 434. The van der Waals surface area contributed by atoms with E-state index < -0.39 is 11.9 Å². The fourth-order valence-electron chi connectivity index (χ4n) is 1.69. The van der Waals surface area contributed by atoms with Crippen LogP contribution in [0.5, 0.6) is 0 Å². The first kappa shape index (κ1) is 15.3. The Morgan fingerprint density at radius 1 is 1.32 bits per heavy atom. The summed E-state index contributed by atoms with van der Waals surface area (Å²) < 4.78 is 0. The van der Waals surface area contributed by atoms with Crippen molar-refractivity contribution >= 4 is 29.3 Å². The third-order valence-electron chi connectivity index (χ3n) is 2.66. The first-order chi connectivity index (χ1) is 9.08. The monoisotopic (exact) mass is 284 g/mol. The van der Waals surface area contributed by atoms with Crippen LogP contribution in [0.3, 0.4) is 0 Å². The molecule has 0 heterocycles. The maximum Gasteiger partial charge on any atom is 0.319 e. The van der Waals surface area contributed by atoms with Gasteiger partial charge in [-0.1, -0.05) is 19.1 Å². The summed E-state index contributed by atoms with van der Waals surface area (Å²) in [6.45, 7) is 2.22. The second-order valence-corrected chi connectivity index (χ2v) is 4.37. The molecule has 3 N–H and O–H groups in total. The zero-order valence-corrected chi connectivity index (χ0v) is 11.4. The molecule has 1 atom stereocenters. The fraction of sp³-hybridized carbons (Fsp3) is 0.385. The van der Waals surface area contributed by atoms with Crippen molar-refractivity contribution in [2.45, 2.75) is 19.3 Å². The third-order valence-corrected chi connectivity index (χ3v) is 2.85. The van der Waals surface area contributed by atoms with Gasteiger partial charge < -0.3 is 15.7 Å². The predicted molar refractivity (Wildman–Crippen MR) is 74.9 cm³/mol. The summed E-state index contributed by atoms with van der Waals surface area (Å²) in [4.78, 5) is 22.4. The van der Waals surface area contributed by atoms with Crippen molar-refractivity contribution in [3.63, 3.8) is 0 Å². The van der Waals surface area contributed by atoms with Crippen LogP contribution >= 0.6 is 11.6 Å². The Labute approximate surface area is 117 Å². The molecule has 1 aromatic rings. The summed E-state index contributed by atoms with van der Waals surface area (Å²) in [6, 6.07) is 6.44. The van der Waals surface area contributed by atoms with Gasteiger partial charge in [-0.2, -0.15) is 0 Å². The molecule has 0 bridgehead atoms. The molecule has 0 fully saturated rings. The van der Waals surface area contributed by atoms with Crippen molar-refractivity contribution in [3.05, 3.63) is 29.8 Å². The van der Waals surface area contributed by atoms with Crippen LogP contribution in [0.1, 0.15) is 24.8 Å². The number of hydrogen-bond donors (Lipinski definition) is 3. The molecule has 1 rings (SSSR count). The SMILES string of the molecule is CC[C@H](C(=O)O)c1ccc(NC(=O)NCCCl)cc1. The van der Waals surface area contributed by atoms with Crippen LogP contribution in [-0.4, -0.2) is 29.5 Å². The van der Waals surface area contributed by atoms with Gasteiger partial charge in [0.2, 0.25) is 0 Å². The van der Waals surface area contributed by atoms with Gasteiger partial charge >= 0.3 is 12.0 Å². The normalized spacial score (nSPS) is 11.7. The number of aliphatic carboxylic acids is 1. The van der Waals surface area contributed by atoms with E-state index in [1.807, 2.05) is 6.92 Å². The minimum Gasteiger partial charge on any atom is -0.481 e. The number of nitrogens with one attached hydrogen (secondary N) is 2. The maximum atomic E-state index is 11.4. The van der Waals surface area contributed by atoms with Crippen molar-refractivity contribution in [3.8, 4) is 0 Å². The Hall–Kier alpha value is -1.75. The lowest BCUT2D eigenvalue weighted by Crippen LogP contribution is -2.30. The second-order valence-electron chi connectivity index (χ2n) is 3.99. The van der Waals surface area contributed by atoms with Gasteiger partial charge in [-0.15, -0.1) is 11.6 Å². The lowest BCUT2D eigenvalue weighted by atomic mass is 9.96. The molecule has 5 nitrogen and oxygen atoms in total. The van der Waals surface area contributed by atoms with Gasteiger partial charge in [0, 0.05) is 18.1 Å². The number of alkyl halides is 1. The Kier molecular flexibility index (Phi) is 6.15. The minimum atomic E-state index is -0.844. The average molecular weight is 285 g/mol. The van der Waals surface area contributed by atoms with Crippen LogP contribution in [0.25, 0.3) is 0 Å². The number of carboxylic acids is 1. The number of hydrogen-bond acceptors (Lipinski definition) is 2. The summed E-state index contributed by atoms with van der Waals surface area (Å²) in [5.74, 6) is -1.01. The van der Waals surface area contributed by atoms with Gasteiger partial charge in [-0.3, -0.25) is 4.79 Å². The van der Waals surface area contributed by atoms with Crippen molar-refractivity contribution in [2.24, 2.45) is 0 Å². The molecule has 0 saturated heterocycles. The van der Waals surface area contributed by atoms with Crippen LogP contribution in [0.4, 0.5) is 10.5 Å². The maximum absolute atomic E-state index is 11.4. The number of rotatable bonds is 6. The molecule has 6 heteroatoms. The Balaban J connectivity index is 2.65. The van der Waals surface area contributed by atoms with Gasteiger partial charge in [-0.25, -0.2) is 4.79 Å². The first-order valence-electron chi connectivity index (χ1n) is 6.02. The van der Waals surface area contributed by atoms with Gasteiger partial charge in [-0.05, 0) is 24.1 Å². The summed E-state index contributed by atoms with van der Waals surface area (Å²) in [5, 5.41) is 14.3. The topological polar surface area (TPSA) is 78.4 Å².